The van der Waals surface area contributed by atoms with E-state index in [0.717, 1.165) is 35.4 Å². The molecule has 0 saturated heterocycles. The fourth-order valence-corrected chi connectivity index (χ4v) is 8.21. The molecule has 8 aromatic rings. The molecule has 6 nitrogen and oxygen atoms in total. The maximum atomic E-state index is 11.7. The van der Waals surface area contributed by atoms with Crippen molar-refractivity contribution >= 4 is 28.3 Å². The van der Waals surface area contributed by atoms with Crippen LogP contribution in [-0.2, 0) is 4.79 Å². The highest BCUT2D eigenvalue weighted by atomic mass is 35.5. The summed E-state index contributed by atoms with van der Waals surface area (Å²) in [5.74, 6) is 5.87. The minimum atomic E-state index is -0.474. The number of phenolic OH excluding ortho intramolecular Hbond substituents is 3. The van der Waals surface area contributed by atoms with E-state index < -0.39 is 5.41 Å². The highest BCUT2D eigenvalue weighted by molar-refractivity contribution is 6.30. The normalized spacial score (nSPS) is 12.6. The number of hydrogen-bond acceptors (Lipinski definition) is 6. The number of hydrogen-bond donors (Lipinski definition) is 3. The zero-order chi connectivity index (χ0) is 63.5. The quantitative estimate of drug-likeness (QED) is 0.0659. The van der Waals surface area contributed by atoms with Crippen LogP contribution in [0.1, 0.15) is 223 Å². The van der Waals surface area contributed by atoms with E-state index in [1.165, 1.54) is 82.1 Å². The van der Waals surface area contributed by atoms with Crippen LogP contribution in [0.2, 0.25) is 5.02 Å². The van der Waals surface area contributed by atoms with Crippen LogP contribution in [-0.4, -0.2) is 28.4 Å². The molecule has 0 heterocycles. The number of fused-ring (bicyclic) bond motifs is 1. The summed E-state index contributed by atoms with van der Waals surface area (Å²) in [5.41, 5.74) is 9.20. The predicted octanol–water partition coefficient (Wildman–Crippen LogP) is 23.5. The van der Waals surface area contributed by atoms with Crippen LogP contribution in [0, 0.1) is 12.3 Å². The number of carbonyl (C=O) groups is 1. The van der Waals surface area contributed by atoms with Crippen molar-refractivity contribution in [3.05, 3.63) is 232 Å². The van der Waals surface area contributed by atoms with Crippen LogP contribution >= 0.6 is 11.6 Å². The van der Waals surface area contributed by atoms with Gasteiger partial charge < -0.3 is 24.8 Å². The average Bonchev–Trinajstić information content (AvgIpc) is 3.74. The van der Waals surface area contributed by atoms with Gasteiger partial charge >= 0.3 is 5.97 Å². The van der Waals surface area contributed by atoms with Crippen molar-refractivity contribution in [1.82, 2.24) is 0 Å². The maximum Gasteiger partial charge on any atom is 0.316 e. The van der Waals surface area contributed by atoms with Crippen molar-refractivity contribution in [3.8, 4) is 28.7 Å². The number of benzene rings is 8. The topological polar surface area (TPSA) is 96.2 Å². The van der Waals surface area contributed by atoms with Gasteiger partial charge in [0, 0.05) is 5.02 Å². The summed E-state index contributed by atoms with van der Waals surface area (Å²) >= 11 is 5.76. The van der Waals surface area contributed by atoms with Crippen LogP contribution in [0.4, 0.5) is 0 Å². The molecule has 0 saturated carbocycles. The lowest BCUT2D eigenvalue weighted by Crippen LogP contribution is -2.28. The van der Waals surface area contributed by atoms with Gasteiger partial charge in [0.05, 0.1) is 12.5 Å². The van der Waals surface area contributed by atoms with Crippen molar-refractivity contribution in [2.45, 2.75) is 191 Å². The molecule has 3 N–H and O–H groups in total. The standard InChI is InChI=1S/C14H16O.C12H16O3.C11H16O.C11H16.C10H13Cl.C10H14O.C10H14/c1-3-10(2)11-4-5-13-9-14(15)7-6-12(13)8-11;1-4-12(2,3)11(14)15-10-7-5-9(13)6-8-10;1-4-9(2)10-5-7-11(12-3)8-6-10;1-4-10(3)11-7-5-9(2)6-8-11;2*1-3-8(2)9-4-6-10(11)7-5-9;1-3-9(2)10-7-5-4-6-8-10/h4-10,15H,3H2,1-2H3;5-8,13H,4H2,1-3H3;5-9H,4H2,1-3H3;5-8,10H,4H2,1-3H3;4-8H,3H2,1-2H3;4-8,11H,3H2,1-2H3;4-9H,3H2,1-2H3. The summed E-state index contributed by atoms with van der Waals surface area (Å²) in [6, 6.07) is 61.3. The number of ether oxygens (including phenoxy) is 2. The van der Waals surface area contributed by atoms with E-state index in [9.17, 15) is 9.90 Å². The van der Waals surface area contributed by atoms with E-state index in [2.05, 4.69) is 187 Å². The number of aryl methyl sites for hydroxylation is 1. The maximum absolute atomic E-state index is 11.7. The third-order valence-corrected chi connectivity index (χ3v) is 16.4. The second-order valence-electron chi connectivity index (χ2n) is 23.0. The smallest absolute Gasteiger partial charge is 0.316 e. The van der Waals surface area contributed by atoms with Gasteiger partial charge in [0.15, 0.2) is 0 Å². The molecule has 460 valence electrons. The molecule has 6 unspecified atom stereocenters. The summed E-state index contributed by atoms with van der Waals surface area (Å²) in [7, 11) is 1.69. The molecule has 7 heteroatoms. The Kier molecular flexibility index (Phi) is 35.1. The van der Waals surface area contributed by atoms with E-state index in [1.807, 2.05) is 63.2 Å². The second kappa shape index (κ2) is 40.3. The van der Waals surface area contributed by atoms with Gasteiger partial charge in [-0.05, 0) is 218 Å². The molecular weight excluding hydrogens is 1070 g/mol. The molecule has 85 heavy (non-hydrogen) atoms. The van der Waals surface area contributed by atoms with E-state index in [1.54, 1.807) is 43.5 Å². The first kappa shape index (κ1) is 74.1. The average molecular weight is 1170 g/mol. The molecule has 0 spiro atoms. The van der Waals surface area contributed by atoms with Crippen LogP contribution in [0.15, 0.2) is 188 Å². The fraction of sp³-hybridized carbons (Fsp3) is 0.397. The van der Waals surface area contributed by atoms with Gasteiger partial charge in [-0.1, -0.05) is 222 Å². The van der Waals surface area contributed by atoms with Crippen molar-refractivity contribution in [1.29, 1.82) is 0 Å². The number of carbonyl (C=O) groups excluding carboxylic acids is 1. The van der Waals surface area contributed by atoms with E-state index in [0.29, 0.717) is 52.8 Å². The molecule has 0 fully saturated rings. The lowest BCUT2D eigenvalue weighted by Gasteiger charge is -2.19. The van der Waals surface area contributed by atoms with Crippen LogP contribution in [0.3, 0.4) is 0 Å². The fourth-order valence-electron chi connectivity index (χ4n) is 8.08. The third-order valence-electron chi connectivity index (χ3n) is 16.2. The minimum Gasteiger partial charge on any atom is -0.508 e. The number of phenols is 3. The molecule has 0 bridgehead atoms. The Morgan fingerprint density at radius 3 is 1.14 bits per heavy atom. The van der Waals surface area contributed by atoms with Crippen molar-refractivity contribution < 1.29 is 29.6 Å². The van der Waals surface area contributed by atoms with Crippen LogP contribution in [0.25, 0.3) is 10.8 Å². The molecule has 0 aliphatic rings. The number of esters is 1. The monoisotopic (exact) mass is 1170 g/mol. The third kappa shape index (κ3) is 28.2. The summed E-state index contributed by atoms with van der Waals surface area (Å²) in [4.78, 5) is 11.7. The van der Waals surface area contributed by atoms with E-state index in [4.69, 9.17) is 31.3 Å². The molecule has 6 atom stereocenters. The summed E-state index contributed by atoms with van der Waals surface area (Å²) in [6.07, 6.45) is 7.85. The van der Waals surface area contributed by atoms with Crippen LogP contribution < -0.4 is 9.47 Å². The van der Waals surface area contributed by atoms with Gasteiger partial charge in [0.1, 0.15) is 28.7 Å². The zero-order valence-corrected chi connectivity index (χ0v) is 55.5. The Labute approximate surface area is 519 Å². The molecule has 8 aromatic carbocycles. The van der Waals surface area contributed by atoms with Gasteiger partial charge in [-0.2, -0.15) is 0 Å². The number of aromatic hydroxyl groups is 3. The summed E-state index contributed by atoms with van der Waals surface area (Å²) < 4.78 is 10.3. The highest BCUT2D eigenvalue weighted by Crippen LogP contribution is 2.28. The summed E-state index contributed by atoms with van der Waals surface area (Å²) in [6.45, 7) is 34.4. The first-order valence-electron chi connectivity index (χ1n) is 31.0. The van der Waals surface area contributed by atoms with Gasteiger partial charge in [0.2, 0.25) is 0 Å². The molecular formula is C78H105ClO6. The number of methoxy groups -OCH3 is 1. The van der Waals surface area contributed by atoms with Gasteiger partial charge in [0.25, 0.3) is 0 Å². The number of rotatable bonds is 16. The zero-order valence-electron chi connectivity index (χ0n) is 54.8. The Bertz CT molecular complexity index is 2880. The van der Waals surface area contributed by atoms with Gasteiger partial charge in [-0.25, -0.2) is 0 Å². The van der Waals surface area contributed by atoms with E-state index >= 15 is 0 Å². The molecule has 0 aliphatic heterocycles. The largest absolute Gasteiger partial charge is 0.508 e. The minimum absolute atomic E-state index is 0.157. The predicted molar refractivity (Wildman–Crippen MR) is 366 cm³/mol. The molecule has 0 aliphatic carbocycles. The Morgan fingerprint density at radius 2 is 0.729 bits per heavy atom. The van der Waals surface area contributed by atoms with Gasteiger partial charge in [-0.15, -0.1) is 0 Å². The number of halogens is 1. The first-order chi connectivity index (χ1) is 40.5. The van der Waals surface area contributed by atoms with Crippen molar-refractivity contribution in [3.63, 3.8) is 0 Å². The lowest BCUT2D eigenvalue weighted by atomic mass is 9.91. The first-order valence-corrected chi connectivity index (χ1v) is 31.4. The van der Waals surface area contributed by atoms with E-state index in [-0.39, 0.29) is 11.7 Å². The Hall–Kier alpha value is -7.02. The second-order valence-corrected chi connectivity index (χ2v) is 23.4. The van der Waals surface area contributed by atoms with Crippen LogP contribution in [0.5, 0.6) is 28.7 Å². The summed E-state index contributed by atoms with van der Waals surface area (Å²) in [5, 5.41) is 30.5. The molecule has 0 amide bonds. The van der Waals surface area contributed by atoms with Crippen molar-refractivity contribution in [2.75, 3.05) is 7.11 Å². The Balaban J connectivity index is 0.000000340. The van der Waals surface area contributed by atoms with Crippen molar-refractivity contribution in [2.24, 2.45) is 5.41 Å². The molecule has 0 radical (unpaired) electrons. The lowest BCUT2D eigenvalue weighted by molar-refractivity contribution is -0.144. The highest BCUT2D eigenvalue weighted by Gasteiger charge is 2.27. The van der Waals surface area contributed by atoms with Gasteiger partial charge in [-0.3, -0.25) is 4.79 Å². The Morgan fingerprint density at radius 1 is 0.412 bits per heavy atom. The SMILES string of the molecule is CCC(C)(C)C(=O)Oc1ccc(O)cc1.CCC(C)c1ccc(C)cc1.CCC(C)c1ccc(Cl)cc1.CCC(C)c1ccc(O)cc1.CCC(C)c1ccc(OC)cc1.CCC(C)c1ccc2cc(O)ccc2c1.CCC(C)c1ccccc1. The molecule has 8 rings (SSSR count). The molecule has 0 aromatic heterocycles.